The molecular formula is C24H44O7. The summed E-state index contributed by atoms with van der Waals surface area (Å²) in [5.41, 5.74) is 0. The zero-order valence-corrected chi connectivity index (χ0v) is 19.2. The Morgan fingerprint density at radius 1 is 0.774 bits per heavy atom. The number of aliphatic hydroxyl groups excluding tert-OH is 4. The summed E-state index contributed by atoms with van der Waals surface area (Å²) in [7, 11) is 0. The normalized spacial score (nSPS) is 26.4. The van der Waals surface area contributed by atoms with Crippen LogP contribution in [0, 0.1) is 0 Å². The number of rotatable bonds is 17. The first kappa shape index (κ1) is 28.0. The van der Waals surface area contributed by atoms with Gasteiger partial charge in [0.2, 0.25) is 0 Å². The van der Waals surface area contributed by atoms with Gasteiger partial charge in [0.15, 0.2) is 6.29 Å². The van der Waals surface area contributed by atoms with Gasteiger partial charge in [-0.15, -0.1) is 0 Å². The molecule has 1 aliphatic rings. The van der Waals surface area contributed by atoms with Crippen molar-refractivity contribution < 1.29 is 34.7 Å². The third kappa shape index (κ3) is 12.6. The topological polar surface area (TPSA) is 116 Å². The lowest BCUT2D eigenvalue weighted by molar-refractivity contribution is -0.287. The molecule has 0 aromatic carbocycles. The number of carbonyl (C=O) groups excluding carboxylic acids is 1. The van der Waals surface area contributed by atoms with Crippen molar-refractivity contribution in [1.29, 1.82) is 0 Å². The largest absolute Gasteiger partial charge is 0.463 e. The smallest absolute Gasteiger partial charge is 0.305 e. The van der Waals surface area contributed by atoms with Crippen LogP contribution in [0.15, 0.2) is 12.2 Å². The molecule has 1 rings (SSSR count). The maximum atomic E-state index is 11.8. The number of esters is 1. The molecule has 1 heterocycles. The van der Waals surface area contributed by atoms with E-state index in [0.29, 0.717) is 0 Å². The first-order valence-corrected chi connectivity index (χ1v) is 12.2. The number of allylic oxidation sites excluding steroid dienone is 2. The Morgan fingerprint density at radius 2 is 1.32 bits per heavy atom. The highest BCUT2D eigenvalue weighted by atomic mass is 16.6. The van der Waals surface area contributed by atoms with Crippen molar-refractivity contribution in [3.63, 3.8) is 0 Å². The highest BCUT2D eigenvalue weighted by Crippen LogP contribution is 2.20. The lowest BCUT2D eigenvalue weighted by Gasteiger charge is -2.37. The van der Waals surface area contributed by atoms with Crippen molar-refractivity contribution in [3.8, 4) is 0 Å². The van der Waals surface area contributed by atoms with Gasteiger partial charge < -0.3 is 29.9 Å². The lowest BCUT2D eigenvalue weighted by atomic mass is 9.99. The number of aliphatic hydroxyl groups is 4. The molecule has 31 heavy (non-hydrogen) atoms. The van der Waals surface area contributed by atoms with Crippen LogP contribution in [0.25, 0.3) is 0 Å². The van der Waals surface area contributed by atoms with Crippen LogP contribution in [-0.2, 0) is 14.3 Å². The van der Waals surface area contributed by atoms with E-state index in [9.17, 15) is 25.2 Å². The molecule has 7 heteroatoms. The van der Waals surface area contributed by atoms with Gasteiger partial charge in [0.25, 0.3) is 0 Å². The molecule has 0 aliphatic carbocycles. The molecule has 1 saturated heterocycles. The molecule has 0 unspecified atom stereocenters. The fourth-order valence-electron chi connectivity index (χ4n) is 3.66. The summed E-state index contributed by atoms with van der Waals surface area (Å²) in [6.45, 7) is 1.97. The molecule has 0 bridgehead atoms. The molecular weight excluding hydrogens is 400 g/mol. The maximum Gasteiger partial charge on any atom is 0.305 e. The van der Waals surface area contributed by atoms with E-state index in [-0.39, 0.29) is 13.0 Å². The van der Waals surface area contributed by atoms with Crippen molar-refractivity contribution in [1.82, 2.24) is 0 Å². The van der Waals surface area contributed by atoms with E-state index >= 15 is 0 Å². The highest BCUT2D eigenvalue weighted by Gasteiger charge is 2.43. The third-order valence-corrected chi connectivity index (χ3v) is 5.74. The minimum Gasteiger partial charge on any atom is -0.463 e. The summed E-state index contributed by atoms with van der Waals surface area (Å²) < 4.78 is 10.0. The molecule has 1 fully saturated rings. The molecule has 0 aromatic rings. The van der Waals surface area contributed by atoms with E-state index < -0.39 is 36.7 Å². The van der Waals surface area contributed by atoms with Crippen LogP contribution in [0.5, 0.6) is 0 Å². The summed E-state index contributed by atoms with van der Waals surface area (Å²) in [5.74, 6) is -0.400. The third-order valence-electron chi connectivity index (χ3n) is 5.74. The Balaban J connectivity index is 1.93. The summed E-state index contributed by atoms with van der Waals surface area (Å²) in [5, 5.41) is 38.3. The Bertz CT molecular complexity index is 483. The van der Waals surface area contributed by atoms with E-state index in [4.69, 9.17) is 9.47 Å². The number of hydrogen-bond acceptors (Lipinski definition) is 7. The van der Waals surface area contributed by atoms with Crippen LogP contribution < -0.4 is 0 Å². The van der Waals surface area contributed by atoms with Crippen molar-refractivity contribution in [2.45, 2.75) is 128 Å². The molecule has 5 atom stereocenters. The fourth-order valence-corrected chi connectivity index (χ4v) is 3.66. The molecule has 0 aromatic heterocycles. The predicted molar refractivity (Wildman–Crippen MR) is 119 cm³/mol. The number of unbranched alkanes of at least 4 members (excludes halogenated alkanes) is 11. The zero-order chi connectivity index (χ0) is 22.9. The standard InChI is InChI=1S/C24H44O7/c1-2-3-4-5-6-7-8-9-10-11-12-13-14-15-16-17-20(25)30-18-19-21(26)22(27)23(28)24(29)31-19/h9-10,19,21-24,26-29H,2-8,11-18H2,1H3/b10-9-/t19-,21+,22+,23-,24-/m1/s1. The van der Waals surface area contributed by atoms with Crippen LogP contribution >= 0.6 is 0 Å². The summed E-state index contributed by atoms with van der Waals surface area (Å²) in [6.07, 6.45) is 13.1. The average Bonchev–Trinajstić information content (AvgIpc) is 2.76. The fraction of sp³-hybridized carbons (Fsp3) is 0.875. The molecule has 1 aliphatic heterocycles. The summed E-state index contributed by atoms with van der Waals surface area (Å²) >= 11 is 0. The summed E-state index contributed by atoms with van der Waals surface area (Å²) in [6, 6.07) is 0. The van der Waals surface area contributed by atoms with Gasteiger partial charge in [-0.25, -0.2) is 0 Å². The first-order chi connectivity index (χ1) is 15.0. The number of carbonyl (C=O) groups is 1. The van der Waals surface area contributed by atoms with Crippen LogP contribution in [0.1, 0.15) is 96.8 Å². The molecule has 0 saturated carbocycles. The van der Waals surface area contributed by atoms with Gasteiger partial charge >= 0.3 is 5.97 Å². The van der Waals surface area contributed by atoms with Gasteiger partial charge in [0, 0.05) is 6.42 Å². The van der Waals surface area contributed by atoms with Gasteiger partial charge in [0.1, 0.15) is 31.0 Å². The van der Waals surface area contributed by atoms with Crippen LogP contribution in [0.2, 0.25) is 0 Å². The molecule has 4 N–H and O–H groups in total. The van der Waals surface area contributed by atoms with Crippen LogP contribution in [0.3, 0.4) is 0 Å². The predicted octanol–water partition coefficient (Wildman–Crippen LogP) is 3.37. The van der Waals surface area contributed by atoms with E-state index in [2.05, 4.69) is 19.1 Å². The Hall–Kier alpha value is -0.990. The zero-order valence-electron chi connectivity index (χ0n) is 19.2. The molecule has 182 valence electrons. The minimum absolute atomic E-state index is 0.272. The molecule has 0 radical (unpaired) electrons. The Labute approximate surface area is 187 Å². The second-order valence-corrected chi connectivity index (χ2v) is 8.55. The van der Waals surface area contributed by atoms with E-state index in [1.54, 1.807) is 0 Å². The number of ether oxygens (including phenoxy) is 2. The van der Waals surface area contributed by atoms with Crippen molar-refractivity contribution in [3.05, 3.63) is 12.2 Å². The second-order valence-electron chi connectivity index (χ2n) is 8.55. The van der Waals surface area contributed by atoms with Crippen molar-refractivity contribution in [2.75, 3.05) is 6.61 Å². The first-order valence-electron chi connectivity index (χ1n) is 12.2. The quantitative estimate of drug-likeness (QED) is 0.154. The lowest BCUT2D eigenvalue weighted by Crippen LogP contribution is -2.58. The molecule has 0 amide bonds. The number of hydrogen-bond donors (Lipinski definition) is 4. The van der Waals surface area contributed by atoms with Crippen molar-refractivity contribution >= 4 is 5.97 Å². The van der Waals surface area contributed by atoms with E-state index in [0.717, 1.165) is 32.1 Å². The van der Waals surface area contributed by atoms with Gasteiger partial charge in [-0.05, 0) is 32.1 Å². The van der Waals surface area contributed by atoms with Crippen LogP contribution in [-0.4, -0.2) is 63.7 Å². The average molecular weight is 445 g/mol. The van der Waals surface area contributed by atoms with E-state index in [1.165, 1.54) is 51.4 Å². The molecule has 0 spiro atoms. The maximum absolute atomic E-state index is 11.8. The van der Waals surface area contributed by atoms with E-state index in [1.807, 2.05) is 0 Å². The monoisotopic (exact) mass is 444 g/mol. The second kappa shape index (κ2) is 17.6. The van der Waals surface area contributed by atoms with Gasteiger partial charge in [0.05, 0.1) is 0 Å². The van der Waals surface area contributed by atoms with Gasteiger partial charge in [-0.2, -0.15) is 0 Å². The highest BCUT2D eigenvalue weighted by molar-refractivity contribution is 5.69. The van der Waals surface area contributed by atoms with Gasteiger partial charge in [-0.1, -0.05) is 70.4 Å². The van der Waals surface area contributed by atoms with Gasteiger partial charge in [-0.3, -0.25) is 4.79 Å². The minimum atomic E-state index is -1.62. The summed E-state index contributed by atoms with van der Waals surface area (Å²) in [4.78, 5) is 11.8. The van der Waals surface area contributed by atoms with Crippen LogP contribution in [0.4, 0.5) is 0 Å². The van der Waals surface area contributed by atoms with Crippen molar-refractivity contribution in [2.24, 2.45) is 0 Å². The Morgan fingerprint density at radius 3 is 1.94 bits per heavy atom. The molecule has 7 nitrogen and oxygen atoms in total. The Kier molecular flexibility index (Phi) is 15.9. The SMILES string of the molecule is CCCCCCCC/C=C\CCCCCCCC(=O)OC[C@H]1O[C@@H](O)[C@H](O)[C@@H](O)[C@H]1O.